The van der Waals surface area contributed by atoms with Crippen LogP contribution in [0.5, 0.6) is 0 Å². The largest absolute Gasteiger partial charge is 0.394 e. The van der Waals surface area contributed by atoms with Crippen molar-refractivity contribution in [2.24, 2.45) is 56.7 Å². The van der Waals surface area contributed by atoms with E-state index in [1.165, 1.54) is 6.92 Å². The van der Waals surface area contributed by atoms with Crippen molar-refractivity contribution in [1.82, 2.24) is 0 Å². The van der Waals surface area contributed by atoms with Crippen LogP contribution in [0, 0.1) is 56.7 Å². The van der Waals surface area contributed by atoms with Gasteiger partial charge in [0, 0.05) is 17.8 Å². The molecule has 55 heavy (non-hydrogen) atoms. The van der Waals surface area contributed by atoms with Crippen LogP contribution >= 0.6 is 0 Å². The minimum absolute atomic E-state index is 0.0112. The summed E-state index contributed by atoms with van der Waals surface area (Å²) in [5.74, 6) is 0.791. The highest BCUT2D eigenvalue weighted by Gasteiger charge is 2.84. The van der Waals surface area contributed by atoms with Gasteiger partial charge >= 0.3 is 0 Å². The number of Topliss-reactive ketones (excluding diaryl/α,β-unsaturated/α-hetero) is 1. The fourth-order valence-corrected chi connectivity index (χ4v) is 14.3. The summed E-state index contributed by atoms with van der Waals surface area (Å²) in [5.41, 5.74) is -1.24. The van der Waals surface area contributed by atoms with E-state index in [0.717, 1.165) is 25.7 Å². The normalized spacial score (nSPS) is 54.9. The first kappa shape index (κ1) is 42.3. The molecule has 1 unspecified atom stereocenters. The van der Waals surface area contributed by atoms with E-state index in [9.17, 15) is 45.6 Å². The Morgan fingerprint density at radius 2 is 1.45 bits per heavy atom. The van der Waals surface area contributed by atoms with Gasteiger partial charge in [-0.3, -0.25) is 4.79 Å². The first-order chi connectivity index (χ1) is 25.6. The Morgan fingerprint density at radius 1 is 0.782 bits per heavy atom. The summed E-state index contributed by atoms with van der Waals surface area (Å²) < 4.78 is 24.5. The number of fused-ring (bicyclic) bond motifs is 2. The van der Waals surface area contributed by atoms with Gasteiger partial charge in [0.25, 0.3) is 0 Å². The summed E-state index contributed by atoms with van der Waals surface area (Å²) in [6.07, 6.45) is -8.37. The third kappa shape index (κ3) is 6.10. The van der Waals surface area contributed by atoms with Gasteiger partial charge in [-0.1, -0.05) is 48.5 Å². The van der Waals surface area contributed by atoms with Crippen LogP contribution in [-0.4, -0.2) is 133 Å². The highest BCUT2D eigenvalue weighted by Crippen LogP contribution is 2.89. The van der Waals surface area contributed by atoms with E-state index in [1.807, 2.05) is 13.8 Å². The Bertz CT molecular complexity index is 1430. The van der Waals surface area contributed by atoms with Crippen LogP contribution in [0.3, 0.4) is 0 Å². The smallest absolute Gasteiger partial charge is 0.187 e. The topological polar surface area (TPSA) is 216 Å². The van der Waals surface area contributed by atoms with Crippen molar-refractivity contribution in [3.8, 4) is 0 Å². The van der Waals surface area contributed by atoms with Gasteiger partial charge in [-0.05, 0) is 104 Å². The zero-order valence-corrected chi connectivity index (χ0v) is 34.1. The maximum absolute atomic E-state index is 12.6. The Kier molecular flexibility index (Phi) is 11.1. The molecular formula is C42H70O13. The van der Waals surface area contributed by atoms with Crippen LogP contribution in [0.4, 0.5) is 0 Å². The summed E-state index contributed by atoms with van der Waals surface area (Å²) in [5, 5.41) is 87.7. The van der Waals surface area contributed by atoms with Crippen LogP contribution in [-0.2, 0) is 23.7 Å². The maximum atomic E-state index is 12.6. The highest BCUT2D eigenvalue weighted by atomic mass is 16.8. The molecular weight excluding hydrogens is 712 g/mol. The van der Waals surface area contributed by atoms with Crippen LogP contribution < -0.4 is 0 Å². The molecule has 0 amide bonds. The second kappa shape index (κ2) is 14.4. The molecule has 0 radical (unpaired) electrons. The second-order valence-electron chi connectivity index (χ2n) is 20.5. The average Bonchev–Trinajstić information content (AvgIpc) is 3.72. The summed E-state index contributed by atoms with van der Waals surface area (Å²) in [6.45, 7) is 15.9. The van der Waals surface area contributed by atoms with Crippen LogP contribution in [0.1, 0.15) is 113 Å². The Balaban J connectivity index is 1.11. The van der Waals surface area contributed by atoms with Gasteiger partial charge in [-0.2, -0.15) is 0 Å². The second-order valence-corrected chi connectivity index (χ2v) is 20.5. The third-order valence-corrected chi connectivity index (χ3v) is 17.5. The minimum atomic E-state index is -1.65. The molecule has 7 aliphatic rings. The molecule has 2 heterocycles. The lowest BCUT2D eigenvalue weighted by Crippen LogP contribution is -2.65. The number of rotatable bonds is 10. The predicted molar refractivity (Wildman–Crippen MR) is 198 cm³/mol. The molecule has 7 fully saturated rings. The Morgan fingerprint density at radius 3 is 2.11 bits per heavy atom. The van der Waals surface area contributed by atoms with Gasteiger partial charge in [0.1, 0.15) is 48.5 Å². The third-order valence-electron chi connectivity index (χ3n) is 17.5. The van der Waals surface area contributed by atoms with Crippen molar-refractivity contribution >= 4 is 5.78 Å². The van der Waals surface area contributed by atoms with Crippen molar-refractivity contribution in [3.63, 3.8) is 0 Å². The molecule has 0 aromatic carbocycles. The molecule has 21 atom stereocenters. The summed E-state index contributed by atoms with van der Waals surface area (Å²) in [4.78, 5) is 12.6. The van der Waals surface area contributed by atoms with Crippen LogP contribution in [0.25, 0.3) is 0 Å². The summed E-state index contributed by atoms with van der Waals surface area (Å²) >= 11 is 0. The zero-order valence-electron chi connectivity index (χ0n) is 34.1. The molecule has 0 aromatic rings. The molecule has 0 aromatic heterocycles. The molecule has 8 N–H and O–H groups in total. The number of aliphatic hydroxyl groups is 8. The fourth-order valence-electron chi connectivity index (χ4n) is 14.3. The van der Waals surface area contributed by atoms with Crippen LogP contribution in [0.15, 0.2) is 0 Å². The lowest BCUT2D eigenvalue weighted by atomic mass is 9.41. The molecule has 5 aliphatic carbocycles. The molecule has 2 saturated heterocycles. The van der Waals surface area contributed by atoms with Gasteiger partial charge in [0.2, 0.25) is 0 Å². The monoisotopic (exact) mass is 782 g/mol. The van der Waals surface area contributed by atoms with E-state index < -0.39 is 91.1 Å². The number of ether oxygens (including phenoxy) is 4. The standard InChI is InChI=1S/C42H70O13/c1-19(2)22(44)10-9-20(3)29-23(45)15-39(7)26-12-11-25-38(5,6)28(13-14-41(25)18-42(26,41)16-27(46)40(29,39)8)54-37-35(33(50)31(48)24(17-43)53-37)55-36-34(51)32(49)30(47)21(4)52-36/h19-21,23-37,43,45-51H,9-18H2,1-8H3/t20-,21+,23+,24-,25+,26+,27?,28+,29+,30+,31-,32-,33+,34-,35-,36+,37+,39+,40-,41-,42+/m1/s1. The number of hydrogen-bond acceptors (Lipinski definition) is 13. The van der Waals surface area contributed by atoms with Crippen molar-refractivity contribution in [2.75, 3.05) is 6.61 Å². The lowest BCUT2D eigenvalue weighted by Gasteiger charge is -2.64. The molecule has 0 bridgehead atoms. The first-order valence-electron chi connectivity index (χ1n) is 21.1. The molecule has 13 nitrogen and oxygen atoms in total. The van der Waals surface area contributed by atoms with E-state index in [-0.39, 0.29) is 51.8 Å². The van der Waals surface area contributed by atoms with E-state index in [1.54, 1.807) is 0 Å². The number of aliphatic hydroxyl groups excluding tert-OH is 8. The van der Waals surface area contributed by atoms with Gasteiger partial charge in [0.15, 0.2) is 12.6 Å². The number of hydrogen-bond donors (Lipinski definition) is 8. The highest BCUT2D eigenvalue weighted by molar-refractivity contribution is 5.80. The fraction of sp³-hybridized carbons (Fsp3) is 0.976. The van der Waals surface area contributed by atoms with Gasteiger partial charge in [-0.25, -0.2) is 0 Å². The molecule has 13 heteroatoms. The molecule has 2 spiro atoms. The summed E-state index contributed by atoms with van der Waals surface area (Å²) in [7, 11) is 0. The molecule has 2 aliphatic heterocycles. The van der Waals surface area contributed by atoms with Crippen molar-refractivity contribution in [1.29, 1.82) is 0 Å². The zero-order chi connectivity index (χ0) is 40.4. The summed E-state index contributed by atoms with van der Waals surface area (Å²) in [6, 6.07) is 0. The number of ketones is 1. The first-order valence-corrected chi connectivity index (χ1v) is 21.1. The molecule has 316 valence electrons. The lowest BCUT2D eigenvalue weighted by molar-refractivity contribution is -0.375. The van der Waals surface area contributed by atoms with E-state index in [2.05, 4.69) is 34.6 Å². The van der Waals surface area contributed by atoms with Crippen molar-refractivity contribution in [2.45, 2.75) is 193 Å². The Labute approximate surface area is 326 Å². The molecule has 5 saturated carbocycles. The van der Waals surface area contributed by atoms with E-state index >= 15 is 0 Å². The number of carbonyl (C=O) groups excluding carboxylic acids is 1. The minimum Gasteiger partial charge on any atom is -0.394 e. The van der Waals surface area contributed by atoms with Gasteiger partial charge in [-0.15, -0.1) is 0 Å². The SMILES string of the molecule is CC(C)C(=O)CC[C@@H](C)[C@H]1[C@@H](O)C[C@@]2(C)[C@@H]3CC[C@H]4C(C)(C)[C@@H](O[C@@H]5O[C@H](CO)[C@@H](O)[C@H](O)[C@H]5O[C@@H]5O[C@@H](C)[C@H](O)[C@@H](O)[C@H]5O)CC[C@@]45C[C@@]35CC(O)[C@]12C. The maximum Gasteiger partial charge on any atom is 0.187 e. The average molecular weight is 783 g/mol. The number of carbonyl (C=O) groups is 1. The predicted octanol–water partition coefficient (Wildman–Crippen LogP) is 2.05. The van der Waals surface area contributed by atoms with Gasteiger partial charge in [0.05, 0.1) is 31.0 Å². The quantitative estimate of drug-likeness (QED) is 0.149. The van der Waals surface area contributed by atoms with Crippen molar-refractivity contribution < 1.29 is 64.6 Å². The van der Waals surface area contributed by atoms with Crippen molar-refractivity contribution in [3.05, 3.63) is 0 Å². The van der Waals surface area contributed by atoms with Crippen LogP contribution in [0.2, 0.25) is 0 Å². The Hall–Kier alpha value is -0.810. The molecule has 7 rings (SSSR count). The van der Waals surface area contributed by atoms with E-state index in [0.29, 0.717) is 38.0 Å². The van der Waals surface area contributed by atoms with Gasteiger partial charge < -0.3 is 59.8 Å². The van der Waals surface area contributed by atoms with E-state index in [4.69, 9.17) is 18.9 Å².